The maximum absolute atomic E-state index is 12.2. The molecule has 0 saturated heterocycles. The summed E-state index contributed by atoms with van der Waals surface area (Å²) in [5.41, 5.74) is 2.76. The maximum Gasteiger partial charge on any atom is 0.315 e. The molecule has 0 aliphatic heterocycles. The van der Waals surface area contributed by atoms with Crippen LogP contribution < -0.4 is 20.7 Å². The molecule has 0 radical (unpaired) electrons. The fourth-order valence-corrected chi connectivity index (χ4v) is 5.24. The average molecular weight is 532 g/mol. The van der Waals surface area contributed by atoms with E-state index in [1.165, 1.54) is 0 Å². The first-order valence-corrected chi connectivity index (χ1v) is 13.4. The molecule has 12 heteroatoms. The predicted octanol–water partition coefficient (Wildman–Crippen LogP) is 3.22. The molecule has 2 amide bonds. The lowest BCUT2D eigenvalue weighted by Crippen LogP contribution is -2.51. The van der Waals surface area contributed by atoms with E-state index >= 15 is 0 Å². The summed E-state index contributed by atoms with van der Waals surface area (Å²) in [6, 6.07) is 7.26. The van der Waals surface area contributed by atoms with Gasteiger partial charge in [-0.3, -0.25) is 0 Å². The van der Waals surface area contributed by atoms with Gasteiger partial charge in [-0.2, -0.15) is 0 Å². The topological polar surface area (TPSA) is 141 Å². The lowest BCUT2D eigenvalue weighted by molar-refractivity contribution is 0.220. The van der Waals surface area contributed by atoms with Crippen LogP contribution in [0.25, 0.3) is 22.2 Å². The van der Waals surface area contributed by atoms with Gasteiger partial charge >= 0.3 is 6.03 Å². The Bertz CT molecular complexity index is 1280. The monoisotopic (exact) mass is 531 g/mol. The molecule has 1 unspecified atom stereocenters. The quantitative estimate of drug-likeness (QED) is 0.135. The average Bonchev–Trinajstić information content (AvgIpc) is 3.30. The molecule has 3 aromatic heterocycles. The number of thiol groups is 1. The van der Waals surface area contributed by atoms with Crippen molar-refractivity contribution in [2.75, 3.05) is 18.4 Å². The van der Waals surface area contributed by atoms with Crippen LogP contribution in [-0.2, 0) is 10.9 Å². The Balaban J connectivity index is 1.40. The van der Waals surface area contributed by atoms with Crippen molar-refractivity contribution in [3.63, 3.8) is 0 Å². The molecule has 10 nitrogen and oxygen atoms in total. The van der Waals surface area contributed by atoms with Gasteiger partial charge in [-0.15, -0.1) is 6.58 Å². The third kappa shape index (κ3) is 6.74. The molecule has 1 saturated carbocycles. The van der Waals surface area contributed by atoms with Crippen molar-refractivity contribution >= 4 is 45.4 Å². The molecule has 1 aliphatic carbocycles. The number of nitrogens with zero attached hydrogens (tertiary/aromatic N) is 2. The van der Waals surface area contributed by atoms with Gasteiger partial charge in [0.25, 0.3) is 0 Å². The number of amides is 2. The molecule has 36 heavy (non-hydrogen) atoms. The van der Waals surface area contributed by atoms with Crippen LogP contribution in [0, 0.1) is 5.92 Å². The summed E-state index contributed by atoms with van der Waals surface area (Å²) in [6.45, 7) is 4.07. The first-order chi connectivity index (χ1) is 17.4. The Hall–Kier alpha value is -3.15. The Kier molecular flexibility index (Phi) is 8.79. The van der Waals surface area contributed by atoms with Gasteiger partial charge in [0, 0.05) is 48.5 Å². The van der Waals surface area contributed by atoms with Gasteiger partial charge in [0.2, 0.25) is 10.9 Å². The number of fused-ring (bicyclic) bond motifs is 1. The highest BCUT2D eigenvalue weighted by Crippen LogP contribution is 2.33. The Morgan fingerprint density at radius 1 is 1.28 bits per heavy atom. The number of hydrogen-bond acceptors (Lipinski definition) is 6. The van der Waals surface area contributed by atoms with Gasteiger partial charge in [-0.1, -0.05) is 17.7 Å². The predicted molar refractivity (Wildman–Crippen MR) is 143 cm³/mol. The molecule has 192 valence electrons. The number of aromatic amines is 1. The Morgan fingerprint density at radius 3 is 2.83 bits per heavy atom. The van der Waals surface area contributed by atoms with Gasteiger partial charge in [-0.05, 0) is 61.4 Å². The summed E-state index contributed by atoms with van der Waals surface area (Å²) in [6.07, 6.45) is 8.59. The molecule has 1 atom stereocenters. The van der Waals surface area contributed by atoms with Crippen molar-refractivity contribution in [3.05, 3.63) is 54.5 Å². The second kappa shape index (κ2) is 12.2. The maximum atomic E-state index is 12.2. The van der Waals surface area contributed by atoms with Crippen LogP contribution in [-0.4, -0.2) is 54.6 Å². The van der Waals surface area contributed by atoms with E-state index in [9.17, 15) is 13.2 Å². The van der Waals surface area contributed by atoms with Crippen molar-refractivity contribution in [3.8, 4) is 11.1 Å². The molecule has 0 spiro atoms. The molecule has 3 heterocycles. The van der Waals surface area contributed by atoms with Crippen LogP contribution >= 0.6 is 11.6 Å². The lowest BCUT2D eigenvalue weighted by atomic mass is 9.81. The molecule has 0 aromatic carbocycles. The van der Waals surface area contributed by atoms with E-state index in [1.54, 1.807) is 12.3 Å². The zero-order valence-electron chi connectivity index (χ0n) is 19.7. The fourth-order valence-electron chi connectivity index (χ4n) is 4.69. The number of carbonyl (C=O) groups is 1. The SMILES string of the molecule is C=CCNC(=O)NC(CN[SH](=O)=O)C1CCC(Nc2cc(-c3c[nH]c4ncccc34)cc(Cl)n2)CC1. The summed E-state index contributed by atoms with van der Waals surface area (Å²) in [5.74, 6) is 0.837. The molecule has 3 aromatic rings. The highest BCUT2D eigenvalue weighted by atomic mass is 35.5. The van der Waals surface area contributed by atoms with Crippen molar-refractivity contribution in [1.82, 2.24) is 30.3 Å². The van der Waals surface area contributed by atoms with Crippen molar-refractivity contribution in [2.24, 2.45) is 5.92 Å². The molecule has 1 aliphatic rings. The van der Waals surface area contributed by atoms with E-state index in [4.69, 9.17) is 11.6 Å². The number of hydrogen-bond donors (Lipinski definition) is 6. The smallest absolute Gasteiger partial charge is 0.315 e. The Morgan fingerprint density at radius 2 is 2.08 bits per heavy atom. The molecular weight excluding hydrogens is 502 g/mol. The number of rotatable bonds is 10. The summed E-state index contributed by atoms with van der Waals surface area (Å²) in [5, 5.41) is 10.5. The van der Waals surface area contributed by atoms with Gasteiger partial charge in [0.15, 0.2) is 0 Å². The van der Waals surface area contributed by atoms with Gasteiger partial charge in [0.05, 0.1) is 0 Å². The van der Waals surface area contributed by atoms with Crippen molar-refractivity contribution in [2.45, 2.75) is 37.8 Å². The number of urea groups is 1. The fraction of sp³-hybridized carbons (Fsp3) is 0.375. The highest BCUT2D eigenvalue weighted by molar-refractivity contribution is 7.70. The molecular formula is C24H30ClN7O3S. The molecule has 1 fully saturated rings. The second-order valence-electron chi connectivity index (χ2n) is 8.79. The first-order valence-electron chi connectivity index (χ1n) is 11.8. The van der Waals surface area contributed by atoms with E-state index in [2.05, 4.69) is 42.2 Å². The second-order valence-corrected chi connectivity index (χ2v) is 10.0. The van der Waals surface area contributed by atoms with Crippen LogP contribution in [0.3, 0.4) is 0 Å². The number of anilines is 1. The number of carbonyl (C=O) groups excluding carboxylic acids is 1. The van der Waals surface area contributed by atoms with Crippen LogP contribution in [0.4, 0.5) is 10.6 Å². The minimum atomic E-state index is -2.74. The number of pyridine rings is 2. The van der Waals surface area contributed by atoms with E-state index in [0.29, 0.717) is 17.5 Å². The summed E-state index contributed by atoms with van der Waals surface area (Å²) in [4.78, 5) is 24.2. The molecule has 0 bridgehead atoms. The van der Waals surface area contributed by atoms with E-state index in [1.807, 2.05) is 30.5 Å². The van der Waals surface area contributed by atoms with Gasteiger partial charge in [0.1, 0.15) is 16.6 Å². The van der Waals surface area contributed by atoms with E-state index in [0.717, 1.165) is 47.8 Å². The lowest BCUT2D eigenvalue weighted by Gasteiger charge is -2.34. The number of nitrogens with one attached hydrogen (secondary N) is 5. The summed E-state index contributed by atoms with van der Waals surface area (Å²) >= 11 is 6.36. The number of halogens is 1. The number of aromatic nitrogens is 3. The minimum Gasteiger partial charge on any atom is -0.367 e. The molecule has 4 rings (SSSR count). The Labute approximate surface area is 216 Å². The third-order valence-corrected chi connectivity index (χ3v) is 7.05. The minimum absolute atomic E-state index is 0.140. The van der Waals surface area contributed by atoms with Crippen LogP contribution in [0.15, 0.2) is 49.3 Å². The van der Waals surface area contributed by atoms with Crippen LogP contribution in [0.1, 0.15) is 25.7 Å². The van der Waals surface area contributed by atoms with Crippen LogP contribution in [0.5, 0.6) is 0 Å². The summed E-state index contributed by atoms with van der Waals surface area (Å²) in [7, 11) is -2.74. The standard InChI is InChI=1S/C24H30ClN7O3S/c1-2-9-27-24(33)31-20(14-29-36(34)35)15-5-7-17(8-6-15)30-22-12-16(11-21(25)32-22)19-13-28-23-18(19)4-3-10-26-23/h2-4,10-13,15,17,20,36H,1,5-9,14H2,(H,26,28)(H,30,32)(H2,27,31,33)(H,29,34,35). The van der Waals surface area contributed by atoms with E-state index in [-0.39, 0.29) is 30.6 Å². The third-order valence-electron chi connectivity index (χ3n) is 6.41. The largest absolute Gasteiger partial charge is 0.367 e. The summed E-state index contributed by atoms with van der Waals surface area (Å²) < 4.78 is 24.6. The van der Waals surface area contributed by atoms with Gasteiger partial charge in [-0.25, -0.2) is 27.9 Å². The zero-order valence-corrected chi connectivity index (χ0v) is 21.3. The van der Waals surface area contributed by atoms with Crippen molar-refractivity contribution < 1.29 is 13.2 Å². The molecule has 5 N–H and O–H groups in total. The zero-order chi connectivity index (χ0) is 25.5. The number of H-pyrrole nitrogens is 1. The normalized spacial score (nSPS) is 18.6. The highest BCUT2D eigenvalue weighted by Gasteiger charge is 2.29. The van der Waals surface area contributed by atoms with Crippen LogP contribution in [0.2, 0.25) is 5.15 Å². The van der Waals surface area contributed by atoms with Gasteiger partial charge < -0.3 is 20.9 Å². The first kappa shape index (κ1) is 25.9. The van der Waals surface area contributed by atoms with Crippen molar-refractivity contribution in [1.29, 1.82) is 0 Å². The van der Waals surface area contributed by atoms with E-state index < -0.39 is 10.9 Å².